The fourth-order valence-corrected chi connectivity index (χ4v) is 4.81. The lowest BCUT2D eigenvalue weighted by Gasteiger charge is -2.26. The first-order valence-corrected chi connectivity index (χ1v) is 9.65. The zero-order valence-electron chi connectivity index (χ0n) is 14.9. The number of carbonyl (C=O) groups is 2. The number of aliphatic carboxylic acids is 1. The Labute approximate surface area is 154 Å². The van der Waals surface area contributed by atoms with E-state index < -0.39 is 17.8 Å². The molecule has 0 spiro atoms. The van der Waals surface area contributed by atoms with Gasteiger partial charge in [-0.2, -0.15) is 0 Å². The maximum atomic E-state index is 12.7. The summed E-state index contributed by atoms with van der Waals surface area (Å²) in [6.45, 7) is 3.27. The van der Waals surface area contributed by atoms with E-state index in [0.717, 1.165) is 31.7 Å². The van der Waals surface area contributed by atoms with Crippen LogP contribution in [0.5, 0.6) is 0 Å². The van der Waals surface area contributed by atoms with Crippen molar-refractivity contribution in [2.45, 2.75) is 32.2 Å². The van der Waals surface area contributed by atoms with Crippen LogP contribution in [0.4, 0.5) is 5.69 Å². The number of fused-ring (bicyclic) bond motifs is 2. The molecule has 0 unspecified atom stereocenters. The largest absolute Gasteiger partial charge is 0.481 e. The van der Waals surface area contributed by atoms with E-state index in [2.05, 4.69) is 22.3 Å². The van der Waals surface area contributed by atoms with Crippen LogP contribution in [0.3, 0.4) is 0 Å². The zero-order valence-corrected chi connectivity index (χ0v) is 14.9. The quantitative estimate of drug-likeness (QED) is 0.797. The number of nitrogens with zero attached hydrogens (tertiary/aromatic N) is 1. The Kier molecular flexibility index (Phi) is 4.81. The molecule has 1 amide bonds. The number of allylic oxidation sites excluding steroid dienone is 2. The number of piperidine rings is 1. The molecule has 138 valence electrons. The number of amides is 1. The highest BCUT2D eigenvalue weighted by Crippen LogP contribution is 2.48. The van der Waals surface area contributed by atoms with Crippen molar-refractivity contribution < 1.29 is 14.7 Å². The lowest BCUT2D eigenvalue weighted by atomic mass is 9.82. The molecular formula is C21H26N2O3. The summed E-state index contributed by atoms with van der Waals surface area (Å²) in [7, 11) is 0. The van der Waals surface area contributed by atoms with Crippen LogP contribution in [-0.4, -0.2) is 35.0 Å². The van der Waals surface area contributed by atoms with Gasteiger partial charge in [0.25, 0.3) is 0 Å². The first-order valence-electron chi connectivity index (χ1n) is 9.65. The Hall–Kier alpha value is -2.14. The van der Waals surface area contributed by atoms with Gasteiger partial charge in [-0.25, -0.2) is 0 Å². The fraction of sp³-hybridized carbons (Fsp3) is 0.524. The third kappa shape index (κ3) is 3.40. The summed E-state index contributed by atoms with van der Waals surface area (Å²) in [6, 6.07) is 7.96. The summed E-state index contributed by atoms with van der Waals surface area (Å²) in [5, 5.41) is 12.4. The summed E-state index contributed by atoms with van der Waals surface area (Å²) < 4.78 is 0. The van der Waals surface area contributed by atoms with Crippen molar-refractivity contribution in [3.8, 4) is 0 Å². The second kappa shape index (κ2) is 7.23. The summed E-state index contributed by atoms with van der Waals surface area (Å²) in [5.41, 5.74) is 1.99. The van der Waals surface area contributed by atoms with E-state index in [-0.39, 0.29) is 17.7 Å². The molecule has 1 heterocycles. The Balaban J connectivity index is 1.38. The van der Waals surface area contributed by atoms with Gasteiger partial charge in [0.15, 0.2) is 0 Å². The van der Waals surface area contributed by atoms with Crippen molar-refractivity contribution in [2.75, 3.05) is 18.4 Å². The number of hydrogen-bond donors (Lipinski definition) is 2. The van der Waals surface area contributed by atoms with Gasteiger partial charge < -0.3 is 10.4 Å². The third-order valence-electron chi connectivity index (χ3n) is 6.12. The van der Waals surface area contributed by atoms with Crippen LogP contribution in [0, 0.1) is 23.7 Å². The highest BCUT2D eigenvalue weighted by molar-refractivity contribution is 5.96. The Morgan fingerprint density at radius 3 is 2.31 bits per heavy atom. The lowest BCUT2D eigenvalue weighted by Crippen LogP contribution is -2.36. The van der Waals surface area contributed by atoms with Crippen LogP contribution < -0.4 is 5.32 Å². The predicted molar refractivity (Wildman–Crippen MR) is 99.6 cm³/mol. The smallest absolute Gasteiger partial charge is 0.307 e. The van der Waals surface area contributed by atoms with Crippen LogP contribution >= 0.6 is 0 Å². The van der Waals surface area contributed by atoms with Crippen molar-refractivity contribution >= 4 is 17.6 Å². The van der Waals surface area contributed by atoms with E-state index in [9.17, 15) is 14.7 Å². The van der Waals surface area contributed by atoms with Gasteiger partial charge in [-0.3, -0.25) is 14.5 Å². The monoisotopic (exact) mass is 354 g/mol. The zero-order chi connectivity index (χ0) is 18.1. The highest BCUT2D eigenvalue weighted by atomic mass is 16.4. The molecule has 26 heavy (non-hydrogen) atoms. The molecule has 2 bridgehead atoms. The molecule has 2 aliphatic carbocycles. The molecule has 1 saturated heterocycles. The number of nitrogens with one attached hydrogen (secondary N) is 1. The average molecular weight is 354 g/mol. The molecule has 1 aromatic carbocycles. The minimum absolute atomic E-state index is 0.000156. The molecule has 3 aliphatic rings. The van der Waals surface area contributed by atoms with Crippen molar-refractivity contribution in [2.24, 2.45) is 23.7 Å². The molecule has 4 atom stereocenters. The van der Waals surface area contributed by atoms with Crippen LogP contribution in [0.1, 0.15) is 31.2 Å². The Morgan fingerprint density at radius 1 is 1.00 bits per heavy atom. The highest BCUT2D eigenvalue weighted by Gasteiger charge is 2.51. The molecule has 5 nitrogen and oxygen atoms in total. The second-order valence-electron chi connectivity index (χ2n) is 7.86. The van der Waals surface area contributed by atoms with E-state index in [1.807, 2.05) is 24.3 Å². The topological polar surface area (TPSA) is 69.6 Å². The van der Waals surface area contributed by atoms with Gasteiger partial charge in [-0.1, -0.05) is 30.7 Å². The van der Waals surface area contributed by atoms with Gasteiger partial charge in [0.05, 0.1) is 11.8 Å². The van der Waals surface area contributed by atoms with E-state index in [1.54, 1.807) is 0 Å². The molecule has 0 radical (unpaired) electrons. The first-order chi connectivity index (χ1) is 12.6. The Morgan fingerprint density at radius 2 is 1.65 bits per heavy atom. The van der Waals surface area contributed by atoms with Gasteiger partial charge in [0.1, 0.15) is 0 Å². The number of carboxylic acid groups (broad SMARTS) is 1. The van der Waals surface area contributed by atoms with Gasteiger partial charge in [0, 0.05) is 12.2 Å². The van der Waals surface area contributed by atoms with Crippen LogP contribution in [0.15, 0.2) is 36.4 Å². The van der Waals surface area contributed by atoms with Crippen molar-refractivity contribution in [3.63, 3.8) is 0 Å². The van der Waals surface area contributed by atoms with Crippen LogP contribution in [-0.2, 0) is 16.1 Å². The molecule has 1 aromatic rings. The normalized spacial score (nSPS) is 30.5. The maximum absolute atomic E-state index is 12.7. The molecule has 1 saturated carbocycles. The van der Waals surface area contributed by atoms with E-state index in [0.29, 0.717) is 0 Å². The molecule has 5 heteroatoms. The summed E-state index contributed by atoms with van der Waals surface area (Å²) in [6.07, 6.45) is 8.63. The van der Waals surface area contributed by atoms with Crippen LogP contribution in [0.25, 0.3) is 0 Å². The number of likely N-dealkylation sites (tertiary alicyclic amines) is 1. The van der Waals surface area contributed by atoms with E-state index >= 15 is 0 Å². The molecule has 4 rings (SSSR count). The summed E-state index contributed by atoms with van der Waals surface area (Å²) in [5.74, 6) is -2.03. The number of carbonyl (C=O) groups excluding carboxylic acids is 1. The molecule has 1 aliphatic heterocycles. The van der Waals surface area contributed by atoms with E-state index in [1.165, 1.54) is 24.8 Å². The minimum atomic E-state index is -0.862. The number of rotatable bonds is 5. The van der Waals surface area contributed by atoms with Gasteiger partial charge >= 0.3 is 5.97 Å². The number of benzene rings is 1. The number of carboxylic acids is 1. The van der Waals surface area contributed by atoms with Crippen molar-refractivity contribution in [1.29, 1.82) is 0 Å². The first kappa shape index (κ1) is 17.3. The Bertz CT molecular complexity index is 706. The van der Waals surface area contributed by atoms with Crippen molar-refractivity contribution in [3.05, 3.63) is 42.0 Å². The number of hydrogen-bond acceptors (Lipinski definition) is 3. The van der Waals surface area contributed by atoms with Crippen LogP contribution in [0.2, 0.25) is 0 Å². The molecular weight excluding hydrogens is 328 g/mol. The predicted octanol–water partition coefficient (Wildman–Crippen LogP) is 3.13. The van der Waals surface area contributed by atoms with Gasteiger partial charge in [-0.05, 0) is 61.9 Å². The summed E-state index contributed by atoms with van der Waals surface area (Å²) >= 11 is 0. The summed E-state index contributed by atoms with van der Waals surface area (Å²) in [4.78, 5) is 26.7. The SMILES string of the molecule is O=C(O)[C@H]1[C@H](C(=O)Nc2ccc(CN3CCCCC3)cc2)[C@H]2C=C[C@H]1C2. The molecule has 0 aromatic heterocycles. The van der Waals surface area contributed by atoms with E-state index in [4.69, 9.17) is 0 Å². The molecule has 2 fully saturated rings. The van der Waals surface area contributed by atoms with Crippen molar-refractivity contribution in [1.82, 2.24) is 4.90 Å². The van der Waals surface area contributed by atoms with Gasteiger partial charge in [-0.15, -0.1) is 0 Å². The standard InChI is InChI=1S/C21H26N2O3/c24-20(18-15-6-7-16(12-15)19(18)21(25)26)22-17-8-4-14(5-9-17)13-23-10-2-1-3-11-23/h4-9,15-16,18-19H,1-3,10-13H2,(H,22,24)(H,25,26)/t15-,16-,18+,19+/m0/s1. The minimum Gasteiger partial charge on any atom is -0.481 e. The number of anilines is 1. The molecule has 2 N–H and O–H groups in total. The average Bonchev–Trinajstić information content (AvgIpc) is 3.25. The van der Waals surface area contributed by atoms with Gasteiger partial charge in [0.2, 0.25) is 5.91 Å². The fourth-order valence-electron chi connectivity index (χ4n) is 4.81. The second-order valence-corrected chi connectivity index (χ2v) is 7.86. The maximum Gasteiger partial charge on any atom is 0.307 e. The lowest BCUT2D eigenvalue weighted by molar-refractivity contribution is -0.146. The third-order valence-corrected chi connectivity index (χ3v) is 6.12.